The van der Waals surface area contributed by atoms with E-state index in [2.05, 4.69) is 6.07 Å². The van der Waals surface area contributed by atoms with Crippen molar-refractivity contribution in [1.82, 2.24) is 4.98 Å². The number of halogens is 1. The zero-order valence-corrected chi connectivity index (χ0v) is 19.5. The van der Waals surface area contributed by atoms with Gasteiger partial charge in [-0.25, -0.2) is 4.98 Å². The number of Topliss-reactive ketones (excluding diaryl/α,β-unsaturated/α-hetero) is 1. The minimum Gasteiger partial charge on any atom is -0.360 e. The summed E-state index contributed by atoms with van der Waals surface area (Å²) < 4.78 is 7.30. The molecule has 2 aromatic carbocycles. The molecule has 1 aromatic heterocycles. The van der Waals surface area contributed by atoms with E-state index in [9.17, 15) is 4.79 Å². The SMILES string of the molecule is CC(=O)[C@@H](OC(C)(C)C)c1c(C)cc2nc(N(C)C)sc2c1-c1ccc(Cl)cc1. The number of ether oxygens (including phenoxy) is 1. The van der Waals surface area contributed by atoms with Gasteiger partial charge >= 0.3 is 0 Å². The van der Waals surface area contributed by atoms with Crippen LogP contribution in [-0.2, 0) is 9.53 Å². The van der Waals surface area contributed by atoms with Gasteiger partial charge in [-0.05, 0) is 63.9 Å². The number of ketones is 1. The van der Waals surface area contributed by atoms with Crippen LogP contribution in [0.15, 0.2) is 30.3 Å². The second-order valence-corrected chi connectivity index (χ2v) is 9.86. The number of carbonyl (C=O) groups is 1. The number of anilines is 1. The van der Waals surface area contributed by atoms with E-state index in [1.807, 2.05) is 71.0 Å². The number of aryl methyl sites for hydroxylation is 1. The topological polar surface area (TPSA) is 42.4 Å². The standard InChI is InChI=1S/C23H27ClN2O2S/c1-13-12-17-21(29-22(25-17)26(6)7)19(15-8-10-16(24)11-9-15)18(13)20(14(2)27)28-23(3,4)5/h8-12,20H,1-7H3/t20-/m1/s1. The molecule has 0 aliphatic heterocycles. The molecule has 154 valence electrons. The average molecular weight is 431 g/mol. The number of benzene rings is 2. The van der Waals surface area contributed by atoms with Crippen LogP contribution in [0.5, 0.6) is 0 Å². The van der Waals surface area contributed by atoms with Crippen LogP contribution in [0.4, 0.5) is 5.13 Å². The number of aromatic nitrogens is 1. The molecule has 3 rings (SSSR count). The van der Waals surface area contributed by atoms with Crippen molar-refractivity contribution in [3.8, 4) is 11.1 Å². The average Bonchev–Trinajstić information content (AvgIpc) is 3.02. The molecule has 0 unspecified atom stereocenters. The molecule has 0 spiro atoms. The normalized spacial score (nSPS) is 13.0. The molecule has 0 saturated heterocycles. The van der Waals surface area contributed by atoms with Gasteiger partial charge in [0.1, 0.15) is 6.10 Å². The first-order valence-electron chi connectivity index (χ1n) is 9.53. The molecule has 6 heteroatoms. The molecule has 1 heterocycles. The molecule has 0 aliphatic carbocycles. The van der Waals surface area contributed by atoms with Crippen molar-refractivity contribution < 1.29 is 9.53 Å². The van der Waals surface area contributed by atoms with E-state index in [0.29, 0.717) is 5.02 Å². The van der Waals surface area contributed by atoms with Gasteiger partial charge in [0.15, 0.2) is 10.9 Å². The number of rotatable bonds is 5. The molecule has 3 aromatic rings. The van der Waals surface area contributed by atoms with E-state index in [1.54, 1.807) is 18.3 Å². The van der Waals surface area contributed by atoms with Crippen LogP contribution in [-0.4, -0.2) is 30.5 Å². The van der Waals surface area contributed by atoms with Gasteiger partial charge < -0.3 is 9.64 Å². The summed E-state index contributed by atoms with van der Waals surface area (Å²) in [5.41, 5.74) is 4.33. The van der Waals surface area contributed by atoms with E-state index in [-0.39, 0.29) is 5.78 Å². The van der Waals surface area contributed by atoms with Crippen molar-refractivity contribution in [2.75, 3.05) is 19.0 Å². The zero-order valence-electron chi connectivity index (χ0n) is 18.0. The van der Waals surface area contributed by atoms with E-state index in [1.165, 1.54) is 0 Å². The summed E-state index contributed by atoms with van der Waals surface area (Å²) in [6.07, 6.45) is -0.657. The number of hydrogen-bond donors (Lipinski definition) is 0. The van der Waals surface area contributed by atoms with Crippen LogP contribution in [0.2, 0.25) is 5.02 Å². The lowest BCUT2D eigenvalue weighted by Crippen LogP contribution is -2.27. The third-order valence-corrected chi connectivity index (χ3v) is 6.04. The quantitative estimate of drug-likeness (QED) is 0.467. The maximum absolute atomic E-state index is 12.7. The third-order valence-electron chi connectivity index (χ3n) is 4.53. The van der Waals surface area contributed by atoms with E-state index < -0.39 is 11.7 Å². The molecular formula is C23H27ClN2O2S. The Labute approximate surface area is 181 Å². The predicted octanol–water partition coefficient (Wildman–Crippen LogP) is 6.44. The smallest absolute Gasteiger partial charge is 0.185 e. The fraction of sp³-hybridized carbons (Fsp3) is 0.391. The molecule has 0 aliphatic rings. The second kappa shape index (κ2) is 8.05. The van der Waals surface area contributed by atoms with E-state index in [0.717, 1.165) is 37.6 Å². The Hall–Kier alpha value is -1.95. The Morgan fingerprint density at radius 2 is 1.83 bits per heavy atom. The van der Waals surface area contributed by atoms with Crippen molar-refractivity contribution in [3.05, 3.63) is 46.5 Å². The molecule has 29 heavy (non-hydrogen) atoms. The summed E-state index contributed by atoms with van der Waals surface area (Å²) >= 11 is 7.75. The van der Waals surface area contributed by atoms with Gasteiger partial charge in [0.05, 0.1) is 15.8 Å². The van der Waals surface area contributed by atoms with Crippen molar-refractivity contribution in [2.24, 2.45) is 0 Å². The molecular weight excluding hydrogens is 404 g/mol. The van der Waals surface area contributed by atoms with Crippen LogP contribution >= 0.6 is 22.9 Å². The van der Waals surface area contributed by atoms with Gasteiger partial charge in [-0.3, -0.25) is 4.79 Å². The predicted molar refractivity (Wildman–Crippen MR) is 123 cm³/mol. The summed E-state index contributed by atoms with van der Waals surface area (Å²) in [4.78, 5) is 19.5. The Kier molecular flexibility index (Phi) is 6.04. The minimum absolute atomic E-state index is 0.0186. The van der Waals surface area contributed by atoms with Crippen molar-refractivity contribution in [2.45, 2.75) is 46.3 Å². The molecule has 0 N–H and O–H groups in total. The van der Waals surface area contributed by atoms with Gasteiger partial charge in [0.2, 0.25) is 0 Å². The van der Waals surface area contributed by atoms with Crippen LogP contribution in [0, 0.1) is 6.92 Å². The highest BCUT2D eigenvalue weighted by Gasteiger charge is 2.30. The largest absolute Gasteiger partial charge is 0.360 e. The van der Waals surface area contributed by atoms with Gasteiger partial charge in [0, 0.05) is 30.2 Å². The Balaban J connectivity index is 2.38. The Bertz CT molecular complexity index is 1050. The number of fused-ring (bicyclic) bond motifs is 1. The first-order chi connectivity index (χ1) is 13.5. The molecule has 4 nitrogen and oxygen atoms in total. The first kappa shape index (κ1) is 21.8. The Morgan fingerprint density at radius 1 is 1.21 bits per heavy atom. The highest BCUT2D eigenvalue weighted by atomic mass is 35.5. The molecule has 0 amide bonds. The highest BCUT2D eigenvalue weighted by Crippen LogP contribution is 2.44. The number of carbonyl (C=O) groups excluding carboxylic acids is 1. The fourth-order valence-corrected chi connectivity index (χ4v) is 4.50. The van der Waals surface area contributed by atoms with E-state index in [4.69, 9.17) is 21.3 Å². The molecule has 0 saturated carbocycles. The maximum Gasteiger partial charge on any atom is 0.185 e. The number of thiazole rings is 1. The van der Waals surface area contributed by atoms with Crippen molar-refractivity contribution in [3.63, 3.8) is 0 Å². The van der Waals surface area contributed by atoms with Gasteiger partial charge in [-0.2, -0.15) is 0 Å². The zero-order chi connectivity index (χ0) is 21.5. The summed E-state index contributed by atoms with van der Waals surface area (Å²) in [6.45, 7) is 9.51. The van der Waals surface area contributed by atoms with Gasteiger partial charge in [-0.15, -0.1) is 0 Å². The maximum atomic E-state index is 12.7. The van der Waals surface area contributed by atoms with Crippen molar-refractivity contribution in [1.29, 1.82) is 0 Å². The monoisotopic (exact) mass is 430 g/mol. The lowest BCUT2D eigenvalue weighted by atomic mass is 9.90. The summed E-state index contributed by atoms with van der Waals surface area (Å²) in [5, 5.41) is 1.59. The summed E-state index contributed by atoms with van der Waals surface area (Å²) in [5.74, 6) is -0.0186. The van der Waals surface area contributed by atoms with Gasteiger partial charge in [-0.1, -0.05) is 35.1 Å². The third kappa shape index (κ3) is 4.63. The lowest BCUT2D eigenvalue weighted by molar-refractivity contribution is -0.138. The molecule has 0 radical (unpaired) electrons. The summed E-state index contributed by atoms with van der Waals surface area (Å²) in [7, 11) is 3.96. The molecule has 0 fully saturated rings. The van der Waals surface area contributed by atoms with Crippen LogP contribution in [0.3, 0.4) is 0 Å². The van der Waals surface area contributed by atoms with Crippen molar-refractivity contribution >= 4 is 44.1 Å². The van der Waals surface area contributed by atoms with Crippen LogP contribution in [0.25, 0.3) is 21.3 Å². The first-order valence-corrected chi connectivity index (χ1v) is 10.7. The number of hydrogen-bond acceptors (Lipinski definition) is 5. The highest BCUT2D eigenvalue weighted by molar-refractivity contribution is 7.22. The fourth-order valence-electron chi connectivity index (χ4n) is 3.33. The molecule has 0 bridgehead atoms. The Morgan fingerprint density at radius 3 is 2.34 bits per heavy atom. The lowest BCUT2D eigenvalue weighted by Gasteiger charge is -2.29. The molecule has 1 atom stereocenters. The minimum atomic E-state index is -0.657. The van der Waals surface area contributed by atoms with Gasteiger partial charge in [0.25, 0.3) is 0 Å². The number of nitrogens with zero attached hydrogens (tertiary/aromatic N) is 2. The second-order valence-electron chi connectivity index (χ2n) is 8.45. The summed E-state index contributed by atoms with van der Waals surface area (Å²) in [6, 6.07) is 9.77. The van der Waals surface area contributed by atoms with E-state index >= 15 is 0 Å². The van der Waals surface area contributed by atoms with Crippen LogP contribution < -0.4 is 4.90 Å². The van der Waals surface area contributed by atoms with Crippen LogP contribution in [0.1, 0.15) is 44.9 Å².